The number of hydrogen-bond acceptors (Lipinski definition) is 6. The van der Waals surface area contributed by atoms with Gasteiger partial charge >= 0.3 is 0 Å². The number of hydrogen-bond donors (Lipinski definition) is 0. The zero-order valence-corrected chi connectivity index (χ0v) is 21.7. The molecule has 2 aliphatic heterocycles. The van der Waals surface area contributed by atoms with Crippen LogP contribution in [0.1, 0.15) is 63.0 Å². The molecule has 0 radical (unpaired) electrons. The van der Waals surface area contributed by atoms with E-state index in [9.17, 15) is 19.6 Å². The fourth-order valence-electron chi connectivity index (χ4n) is 5.88. The number of ether oxygens (including phenoxy) is 1. The van der Waals surface area contributed by atoms with E-state index in [-0.39, 0.29) is 23.9 Å². The maximum atomic E-state index is 13.1. The van der Waals surface area contributed by atoms with E-state index in [0.717, 1.165) is 37.2 Å². The van der Waals surface area contributed by atoms with Gasteiger partial charge in [0.1, 0.15) is 18.1 Å². The predicted octanol–water partition coefficient (Wildman–Crippen LogP) is 4.34. The Hall–Kier alpha value is -4.28. The van der Waals surface area contributed by atoms with Crippen LogP contribution in [0.2, 0.25) is 0 Å². The summed E-state index contributed by atoms with van der Waals surface area (Å²) in [7, 11) is 0. The Balaban J connectivity index is 1.08. The van der Waals surface area contributed by atoms with Gasteiger partial charge in [-0.3, -0.25) is 19.3 Å². The molecule has 1 amide bonds. The highest BCUT2D eigenvalue weighted by atomic mass is 16.5. The van der Waals surface area contributed by atoms with Gasteiger partial charge in [0.15, 0.2) is 5.78 Å². The van der Waals surface area contributed by atoms with E-state index in [1.807, 2.05) is 18.2 Å². The van der Waals surface area contributed by atoms with E-state index in [1.165, 1.54) is 16.7 Å². The van der Waals surface area contributed by atoms with Crippen molar-refractivity contribution in [2.75, 3.05) is 6.54 Å². The van der Waals surface area contributed by atoms with Crippen molar-refractivity contribution in [2.24, 2.45) is 0 Å². The standard InChI is InChI=1S/C32H29N3O4/c33-16-23-8-9-24-12-13-34(18-25(24)14-23)17-21-4-6-22(7-5-21)20-39-31-3-1-2-27-28(31)19-35(32(27)38)29-11-10-26(36)15-30(29)37/h1-9,14,29H,10-13,15,17-20H2. The normalized spacial score (nSPS) is 19.0. The summed E-state index contributed by atoms with van der Waals surface area (Å²) >= 11 is 0. The second kappa shape index (κ2) is 10.5. The minimum Gasteiger partial charge on any atom is -0.489 e. The second-order valence-electron chi connectivity index (χ2n) is 10.6. The molecule has 2 heterocycles. The number of fused-ring (bicyclic) bond motifs is 2. The average Bonchev–Trinajstić information content (AvgIpc) is 3.28. The van der Waals surface area contributed by atoms with Crippen molar-refractivity contribution in [3.8, 4) is 11.8 Å². The molecule has 1 saturated carbocycles. The van der Waals surface area contributed by atoms with Gasteiger partial charge in [-0.1, -0.05) is 36.4 Å². The molecule has 39 heavy (non-hydrogen) atoms. The Bertz CT molecular complexity index is 1500. The summed E-state index contributed by atoms with van der Waals surface area (Å²) in [5, 5.41) is 9.21. The van der Waals surface area contributed by atoms with Gasteiger partial charge in [-0.05, 0) is 59.4 Å². The zero-order chi connectivity index (χ0) is 26.9. The summed E-state index contributed by atoms with van der Waals surface area (Å²) in [4.78, 5) is 41.2. The van der Waals surface area contributed by atoms with Gasteiger partial charge < -0.3 is 9.64 Å². The van der Waals surface area contributed by atoms with Crippen molar-refractivity contribution in [3.63, 3.8) is 0 Å². The first-order valence-electron chi connectivity index (χ1n) is 13.4. The Kier molecular flexibility index (Phi) is 6.72. The monoisotopic (exact) mass is 519 g/mol. The van der Waals surface area contributed by atoms with Crippen molar-refractivity contribution >= 4 is 17.5 Å². The molecule has 6 rings (SSSR count). The maximum absolute atomic E-state index is 13.1. The van der Waals surface area contributed by atoms with Gasteiger partial charge in [0.05, 0.1) is 30.6 Å². The first-order valence-corrected chi connectivity index (χ1v) is 13.4. The Morgan fingerprint density at radius 1 is 0.923 bits per heavy atom. The largest absolute Gasteiger partial charge is 0.489 e. The lowest BCUT2D eigenvalue weighted by molar-refractivity contribution is -0.133. The van der Waals surface area contributed by atoms with Crippen molar-refractivity contribution in [1.82, 2.24) is 9.80 Å². The minimum atomic E-state index is -0.537. The van der Waals surface area contributed by atoms with E-state index in [1.54, 1.807) is 17.0 Å². The molecule has 0 saturated heterocycles. The number of Topliss-reactive ketones (excluding diaryl/α,β-unsaturated/α-hetero) is 2. The van der Waals surface area contributed by atoms with Crippen molar-refractivity contribution in [3.05, 3.63) is 99.6 Å². The van der Waals surface area contributed by atoms with Crippen LogP contribution in [0.15, 0.2) is 60.7 Å². The molecule has 0 N–H and O–H groups in total. The lowest BCUT2D eigenvalue weighted by Gasteiger charge is -2.29. The molecule has 0 aromatic heterocycles. The molecule has 3 aliphatic rings. The third kappa shape index (κ3) is 5.08. The number of carbonyl (C=O) groups excluding carboxylic acids is 3. The van der Waals surface area contributed by atoms with Crippen LogP contribution >= 0.6 is 0 Å². The van der Waals surface area contributed by atoms with Gasteiger partial charge in [0, 0.05) is 37.2 Å². The van der Waals surface area contributed by atoms with Crippen LogP contribution in [-0.2, 0) is 42.3 Å². The topological polar surface area (TPSA) is 90.7 Å². The first-order chi connectivity index (χ1) is 19.0. The van der Waals surface area contributed by atoms with Crippen molar-refractivity contribution in [2.45, 2.75) is 58.0 Å². The van der Waals surface area contributed by atoms with Gasteiger partial charge in [-0.2, -0.15) is 5.26 Å². The number of rotatable bonds is 6. The molecular weight excluding hydrogens is 490 g/mol. The van der Waals surface area contributed by atoms with Crippen LogP contribution in [0.25, 0.3) is 0 Å². The molecule has 0 bridgehead atoms. The SMILES string of the molecule is N#Cc1ccc2c(c1)CN(Cc1ccc(COc3cccc4c3CN(C3CCC(=O)CC3=O)C4=O)cc1)CC2. The van der Waals surface area contributed by atoms with E-state index in [2.05, 4.69) is 41.3 Å². The summed E-state index contributed by atoms with van der Waals surface area (Å²) in [6.45, 7) is 3.36. The fourth-order valence-corrected chi connectivity index (χ4v) is 5.88. The molecule has 1 unspecified atom stereocenters. The quantitative estimate of drug-likeness (QED) is 0.450. The molecular formula is C32H29N3O4. The summed E-state index contributed by atoms with van der Waals surface area (Å²) in [5.74, 6) is 0.258. The van der Waals surface area contributed by atoms with Crippen LogP contribution in [0.4, 0.5) is 0 Å². The number of nitrogens with zero attached hydrogens (tertiary/aromatic N) is 3. The summed E-state index contributed by atoms with van der Waals surface area (Å²) in [6.07, 6.45) is 1.63. The Labute approximate surface area is 227 Å². The Morgan fingerprint density at radius 2 is 1.74 bits per heavy atom. The van der Waals surface area contributed by atoms with Gasteiger partial charge in [-0.15, -0.1) is 0 Å². The smallest absolute Gasteiger partial charge is 0.255 e. The molecule has 1 aliphatic carbocycles. The Morgan fingerprint density at radius 3 is 2.54 bits per heavy atom. The number of nitriles is 1. The van der Waals surface area contributed by atoms with Crippen LogP contribution < -0.4 is 4.74 Å². The minimum absolute atomic E-state index is 0.0501. The van der Waals surface area contributed by atoms with Crippen molar-refractivity contribution < 1.29 is 19.1 Å². The molecule has 7 nitrogen and oxygen atoms in total. The summed E-state index contributed by atoms with van der Waals surface area (Å²) < 4.78 is 6.16. The van der Waals surface area contributed by atoms with Crippen LogP contribution in [-0.4, -0.2) is 39.9 Å². The van der Waals surface area contributed by atoms with E-state index < -0.39 is 6.04 Å². The van der Waals surface area contributed by atoms with E-state index >= 15 is 0 Å². The van der Waals surface area contributed by atoms with Crippen LogP contribution in [0, 0.1) is 11.3 Å². The van der Waals surface area contributed by atoms with Crippen LogP contribution in [0.5, 0.6) is 5.75 Å². The predicted molar refractivity (Wildman–Crippen MR) is 144 cm³/mol. The second-order valence-corrected chi connectivity index (χ2v) is 10.6. The summed E-state index contributed by atoms with van der Waals surface area (Å²) in [5.41, 5.74) is 6.89. The summed E-state index contributed by atoms with van der Waals surface area (Å²) in [6, 6.07) is 21.5. The van der Waals surface area contributed by atoms with Crippen molar-refractivity contribution in [1.29, 1.82) is 5.26 Å². The van der Waals surface area contributed by atoms with Gasteiger partial charge in [0.2, 0.25) is 0 Å². The third-order valence-electron chi connectivity index (χ3n) is 8.02. The molecule has 1 atom stereocenters. The first kappa shape index (κ1) is 25.0. The third-order valence-corrected chi connectivity index (χ3v) is 8.02. The highest BCUT2D eigenvalue weighted by molar-refractivity contribution is 6.07. The van der Waals surface area contributed by atoms with Crippen LogP contribution in [0.3, 0.4) is 0 Å². The highest BCUT2D eigenvalue weighted by Gasteiger charge is 2.40. The number of benzene rings is 3. The van der Waals surface area contributed by atoms with Gasteiger partial charge in [0.25, 0.3) is 5.91 Å². The zero-order valence-electron chi connectivity index (χ0n) is 21.7. The lowest BCUT2D eigenvalue weighted by Crippen LogP contribution is -2.44. The lowest BCUT2D eigenvalue weighted by atomic mass is 9.92. The molecule has 0 spiro atoms. The average molecular weight is 520 g/mol. The highest BCUT2D eigenvalue weighted by Crippen LogP contribution is 2.34. The number of ketones is 2. The molecule has 3 aromatic carbocycles. The molecule has 196 valence electrons. The molecule has 3 aromatic rings. The van der Waals surface area contributed by atoms with E-state index in [0.29, 0.717) is 42.9 Å². The molecule has 7 heteroatoms. The number of carbonyl (C=O) groups is 3. The maximum Gasteiger partial charge on any atom is 0.255 e. The van der Waals surface area contributed by atoms with E-state index in [4.69, 9.17) is 4.74 Å². The number of amides is 1. The fraction of sp³-hybridized carbons (Fsp3) is 0.312. The molecule has 1 fully saturated rings. The van der Waals surface area contributed by atoms with Gasteiger partial charge in [-0.25, -0.2) is 0 Å².